The fourth-order valence-corrected chi connectivity index (χ4v) is 2.23. The highest BCUT2D eigenvalue weighted by atomic mass is 16.5. The van der Waals surface area contributed by atoms with Crippen LogP contribution in [0, 0.1) is 0 Å². The van der Waals surface area contributed by atoms with Crippen LogP contribution in [-0.4, -0.2) is 15.9 Å². The second kappa shape index (κ2) is 6.57. The van der Waals surface area contributed by atoms with Crippen molar-refractivity contribution in [1.82, 2.24) is 9.78 Å². The summed E-state index contributed by atoms with van der Waals surface area (Å²) in [7, 11) is 0. The Bertz CT molecular complexity index is 548. The number of nitrogens with zero attached hydrogens (tertiary/aromatic N) is 2. The lowest BCUT2D eigenvalue weighted by atomic mass is 10.0. The van der Waals surface area contributed by atoms with Crippen LogP contribution in [0.15, 0.2) is 36.5 Å². The van der Waals surface area contributed by atoms with E-state index in [1.54, 1.807) is 6.20 Å². The molecule has 0 saturated carbocycles. The summed E-state index contributed by atoms with van der Waals surface area (Å²) in [4.78, 5) is 0. The number of hydrogen-bond acceptors (Lipinski definition) is 3. The largest absolute Gasteiger partial charge is 0.491 e. The third-order valence-corrected chi connectivity index (χ3v) is 3.09. The Labute approximate surface area is 120 Å². The van der Waals surface area contributed by atoms with Gasteiger partial charge in [0, 0.05) is 12.7 Å². The van der Waals surface area contributed by atoms with Gasteiger partial charge in [-0.3, -0.25) is 4.68 Å². The highest BCUT2D eigenvalue weighted by Crippen LogP contribution is 2.23. The number of aromatic nitrogens is 2. The molecule has 2 rings (SSSR count). The zero-order valence-electron chi connectivity index (χ0n) is 12.4. The third kappa shape index (κ3) is 3.39. The monoisotopic (exact) mass is 273 g/mol. The van der Waals surface area contributed by atoms with Crippen molar-refractivity contribution in [2.24, 2.45) is 5.73 Å². The maximum absolute atomic E-state index is 6.38. The molecule has 1 aromatic heterocycles. The van der Waals surface area contributed by atoms with Crippen molar-refractivity contribution in [1.29, 1.82) is 0 Å². The van der Waals surface area contributed by atoms with Crippen LogP contribution in [0.25, 0.3) is 0 Å². The molecule has 1 aromatic carbocycles. The van der Waals surface area contributed by atoms with E-state index in [4.69, 9.17) is 10.5 Å². The molecule has 0 saturated heterocycles. The quantitative estimate of drug-likeness (QED) is 0.879. The minimum Gasteiger partial charge on any atom is -0.491 e. The maximum atomic E-state index is 6.38. The van der Waals surface area contributed by atoms with Crippen molar-refractivity contribution in [3.05, 3.63) is 47.8 Å². The molecule has 0 spiro atoms. The Morgan fingerprint density at radius 1 is 1.30 bits per heavy atom. The molecule has 4 nitrogen and oxygen atoms in total. The number of hydrogen-bond donors (Lipinski definition) is 1. The summed E-state index contributed by atoms with van der Waals surface area (Å²) < 4.78 is 7.69. The first-order valence-corrected chi connectivity index (χ1v) is 7.15. The van der Waals surface area contributed by atoms with Gasteiger partial charge in [0.05, 0.1) is 17.8 Å². The van der Waals surface area contributed by atoms with E-state index in [1.165, 1.54) is 0 Å². The van der Waals surface area contributed by atoms with Gasteiger partial charge < -0.3 is 10.5 Å². The summed E-state index contributed by atoms with van der Waals surface area (Å²) >= 11 is 0. The van der Waals surface area contributed by atoms with Crippen molar-refractivity contribution >= 4 is 0 Å². The molecular formula is C16H23N3O. The average Bonchev–Trinajstić information content (AvgIpc) is 2.86. The second-order valence-corrected chi connectivity index (χ2v) is 5.20. The van der Waals surface area contributed by atoms with Gasteiger partial charge in [0.25, 0.3) is 0 Å². The van der Waals surface area contributed by atoms with E-state index in [1.807, 2.05) is 48.9 Å². The van der Waals surface area contributed by atoms with Crippen molar-refractivity contribution < 1.29 is 4.74 Å². The standard InChI is InChI=1S/C16H23N3O/c1-4-10-19-15(8-9-18-19)16(17)13-6-5-7-14(11-13)20-12(2)3/h5-9,11-12,16H,4,10,17H2,1-3H3. The lowest BCUT2D eigenvalue weighted by Gasteiger charge is -2.16. The smallest absolute Gasteiger partial charge is 0.120 e. The van der Waals surface area contributed by atoms with E-state index >= 15 is 0 Å². The molecule has 2 N–H and O–H groups in total. The van der Waals surface area contributed by atoms with Gasteiger partial charge >= 0.3 is 0 Å². The zero-order valence-corrected chi connectivity index (χ0v) is 12.4. The highest BCUT2D eigenvalue weighted by molar-refractivity contribution is 5.34. The van der Waals surface area contributed by atoms with E-state index in [9.17, 15) is 0 Å². The number of nitrogens with two attached hydrogens (primary N) is 1. The van der Waals surface area contributed by atoms with Gasteiger partial charge in [-0.1, -0.05) is 19.1 Å². The Balaban J connectivity index is 2.23. The first-order valence-electron chi connectivity index (χ1n) is 7.15. The minimum atomic E-state index is -0.181. The van der Waals surface area contributed by atoms with Gasteiger partial charge in [0.15, 0.2) is 0 Å². The molecule has 0 aliphatic rings. The third-order valence-electron chi connectivity index (χ3n) is 3.09. The summed E-state index contributed by atoms with van der Waals surface area (Å²) in [5, 5.41) is 4.33. The van der Waals surface area contributed by atoms with Crippen molar-refractivity contribution in [3.63, 3.8) is 0 Å². The predicted octanol–water partition coefficient (Wildman–Crippen LogP) is 3.13. The molecule has 0 bridgehead atoms. The minimum absolute atomic E-state index is 0.159. The summed E-state index contributed by atoms with van der Waals surface area (Å²) in [5.41, 5.74) is 8.45. The van der Waals surface area contributed by atoms with Crippen LogP contribution < -0.4 is 10.5 Å². The van der Waals surface area contributed by atoms with Gasteiger partial charge in [-0.25, -0.2) is 0 Å². The van der Waals surface area contributed by atoms with Gasteiger partial charge in [-0.05, 0) is 44.0 Å². The topological polar surface area (TPSA) is 53.1 Å². The molecule has 1 atom stereocenters. The van der Waals surface area contributed by atoms with Crippen LogP contribution in [0.4, 0.5) is 0 Å². The summed E-state index contributed by atoms with van der Waals surface area (Å²) in [6.07, 6.45) is 3.00. The summed E-state index contributed by atoms with van der Waals surface area (Å²) in [6.45, 7) is 7.05. The fraction of sp³-hybridized carbons (Fsp3) is 0.438. The fourth-order valence-electron chi connectivity index (χ4n) is 2.23. The van der Waals surface area contributed by atoms with Gasteiger partial charge in [-0.2, -0.15) is 5.10 Å². The first-order chi connectivity index (χ1) is 9.61. The number of aryl methyl sites for hydroxylation is 1. The van der Waals surface area contributed by atoms with Crippen LogP contribution in [0.2, 0.25) is 0 Å². The highest BCUT2D eigenvalue weighted by Gasteiger charge is 2.14. The molecule has 108 valence electrons. The molecule has 1 heterocycles. The van der Waals surface area contributed by atoms with Gasteiger partial charge in [0.2, 0.25) is 0 Å². The van der Waals surface area contributed by atoms with E-state index < -0.39 is 0 Å². The molecule has 0 aliphatic carbocycles. The number of benzene rings is 1. The SMILES string of the molecule is CCCn1nccc1C(N)c1cccc(OC(C)C)c1. The second-order valence-electron chi connectivity index (χ2n) is 5.20. The summed E-state index contributed by atoms with van der Waals surface area (Å²) in [6, 6.07) is 9.78. The molecule has 2 aromatic rings. The van der Waals surface area contributed by atoms with Crippen molar-refractivity contribution in [2.45, 2.75) is 45.9 Å². The predicted molar refractivity (Wildman–Crippen MR) is 80.8 cm³/mol. The Morgan fingerprint density at radius 2 is 2.10 bits per heavy atom. The van der Waals surface area contributed by atoms with Crippen LogP contribution in [0.3, 0.4) is 0 Å². The Hall–Kier alpha value is -1.81. The van der Waals surface area contributed by atoms with Crippen LogP contribution >= 0.6 is 0 Å². The van der Waals surface area contributed by atoms with Crippen molar-refractivity contribution in [2.75, 3.05) is 0 Å². The molecule has 0 fully saturated rings. The van der Waals surface area contributed by atoms with Crippen LogP contribution in [0.1, 0.15) is 44.5 Å². The van der Waals surface area contributed by atoms with Crippen molar-refractivity contribution in [3.8, 4) is 5.75 Å². The van der Waals surface area contributed by atoms with E-state index in [2.05, 4.69) is 12.0 Å². The normalized spacial score (nSPS) is 12.7. The average molecular weight is 273 g/mol. The molecule has 0 amide bonds. The Kier molecular flexibility index (Phi) is 4.79. The Morgan fingerprint density at radius 3 is 2.80 bits per heavy atom. The molecule has 20 heavy (non-hydrogen) atoms. The van der Waals surface area contributed by atoms with E-state index in [0.717, 1.165) is 30.0 Å². The molecular weight excluding hydrogens is 250 g/mol. The van der Waals surface area contributed by atoms with E-state index in [0.29, 0.717) is 0 Å². The zero-order chi connectivity index (χ0) is 14.5. The molecule has 1 unspecified atom stereocenters. The lowest BCUT2D eigenvalue weighted by Crippen LogP contribution is -2.18. The van der Waals surface area contributed by atoms with E-state index in [-0.39, 0.29) is 12.1 Å². The first kappa shape index (κ1) is 14.6. The van der Waals surface area contributed by atoms with Crippen LogP contribution in [-0.2, 0) is 6.54 Å². The number of rotatable bonds is 6. The van der Waals surface area contributed by atoms with Gasteiger partial charge in [-0.15, -0.1) is 0 Å². The lowest BCUT2D eigenvalue weighted by molar-refractivity contribution is 0.242. The maximum Gasteiger partial charge on any atom is 0.120 e. The number of ether oxygens (including phenoxy) is 1. The molecule has 4 heteroatoms. The van der Waals surface area contributed by atoms with Gasteiger partial charge in [0.1, 0.15) is 5.75 Å². The van der Waals surface area contributed by atoms with Crippen LogP contribution in [0.5, 0.6) is 5.75 Å². The summed E-state index contributed by atoms with van der Waals surface area (Å²) in [5.74, 6) is 0.856. The molecule has 0 aliphatic heterocycles. The molecule has 0 radical (unpaired) electrons.